The molecule has 2 N–H and O–H groups in total. The monoisotopic (exact) mass is 294 g/mol. The lowest BCUT2D eigenvalue weighted by Gasteiger charge is -2.29. The van der Waals surface area contributed by atoms with Crippen LogP contribution in [0.5, 0.6) is 5.75 Å². The zero-order valence-electron chi connectivity index (χ0n) is 12.5. The molecule has 0 radical (unpaired) electrons. The van der Waals surface area contributed by atoms with E-state index in [2.05, 4.69) is 4.98 Å². The van der Waals surface area contributed by atoms with Crippen LogP contribution in [0.15, 0.2) is 12.1 Å². The third-order valence-electron chi connectivity index (χ3n) is 3.79. The lowest BCUT2D eigenvalue weighted by Crippen LogP contribution is -2.43. The summed E-state index contributed by atoms with van der Waals surface area (Å²) >= 11 is 0. The fourth-order valence-electron chi connectivity index (χ4n) is 2.70. The number of carboxylic acid groups (broad SMARTS) is 1. The quantitative estimate of drug-likeness (QED) is 0.825. The van der Waals surface area contributed by atoms with E-state index in [1.165, 1.54) is 0 Å². The van der Waals surface area contributed by atoms with Crippen LogP contribution in [-0.2, 0) is 16.1 Å². The summed E-state index contributed by atoms with van der Waals surface area (Å²) in [5, 5.41) is 19.2. The van der Waals surface area contributed by atoms with Crippen molar-refractivity contribution in [1.29, 1.82) is 0 Å². The minimum Gasteiger partial charge on any atom is -0.506 e. The predicted molar refractivity (Wildman–Crippen MR) is 77.1 cm³/mol. The van der Waals surface area contributed by atoms with Gasteiger partial charge in [-0.05, 0) is 32.0 Å². The molecule has 1 aromatic heterocycles. The fraction of sp³-hybridized carbons (Fsp3) is 0.600. The molecule has 2 atom stereocenters. The van der Waals surface area contributed by atoms with Crippen molar-refractivity contribution in [3.63, 3.8) is 0 Å². The molecule has 1 saturated heterocycles. The summed E-state index contributed by atoms with van der Waals surface area (Å²) in [5.41, 5.74) is 1.41. The molecule has 0 aliphatic carbocycles. The number of carboxylic acids is 1. The molecule has 0 amide bonds. The molecule has 6 heteroatoms. The maximum atomic E-state index is 11.3. The van der Waals surface area contributed by atoms with Gasteiger partial charge in [0.05, 0.1) is 24.8 Å². The molecule has 2 rings (SSSR count). The van der Waals surface area contributed by atoms with Crippen molar-refractivity contribution in [2.24, 2.45) is 5.92 Å². The highest BCUT2D eigenvalue weighted by Gasteiger charge is 2.38. The van der Waals surface area contributed by atoms with Gasteiger partial charge >= 0.3 is 5.97 Å². The summed E-state index contributed by atoms with van der Waals surface area (Å²) in [6.07, 6.45) is 0.898. The molecule has 2 unspecified atom stereocenters. The van der Waals surface area contributed by atoms with Gasteiger partial charge in [-0.2, -0.15) is 0 Å². The van der Waals surface area contributed by atoms with Crippen LogP contribution in [0.3, 0.4) is 0 Å². The van der Waals surface area contributed by atoms with Crippen LogP contribution in [0.2, 0.25) is 0 Å². The first-order valence-electron chi connectivity index (χ1n) is 7.23. The smallest absolute Gasteiger partial charge is 0.310 e. The predicted octanol–water partition coefficient (Wildman–Crippen LogP) is 1.41. The Balaban J connectivity index is 2.18. The summed E-state index contributed by atoms with van der Waals surface area (Å²) in [6.45, 7) is 5.73. The van der Waals surface area contributed by atoms with E-state index in [0.717, 1.165) is 18.7 Å². The van der Waals surface area contributed by atoms with E-state index in [4.69, 9.17) is 4.74 Å². The Hall–Kier alpha value is -1.66. The second kappa shape index (κ2) is 6.87. The number of aryl methyl sites for hydroxylation is 1. The minimum atomic E-state index is -0.833. The van der Waals surface area contributed by atoms with Gasteiger partial charge in [-0.15, -0.1) is 0 Å². The van der Waals surface area contributed by atoms with E-state index in [-0.39, 0.29) is 18.4 Å². The number of ether oxygens (including phenoxy) is 1. The lowest BCUT2D eigenvalue weighted by atomic mass is 10.0. The third-order valence-corrected chi connectivity index (χ3v) is 3.79. The Kier molecular flexibility index (Phi) is 5.14. The zero-order chi connectivity index (χ0) is 15.4. The van der Waals surface area contributed by atoms with E-state index in [1.54, 1.807) is 12.1 Å². The lowest BCUT2D eigenvalue weighted by molar-refractivity contribution is -0.143. The number of aromatic hydroxyl groups is 1. The molecule has 21 heavy (non-hydrogen) atoms. The van der Waals surface area contributed by atoms with Crippen LogP contribution in [0, 0.1) is 12.8 Å². The second-order valence-corrected chi connectivity index (χ2v) is 5.44. The van der Waals surface area contributed by atoms with Crippen LogP contribution >= 0.6 is 0 Å². The number of hydrogen-bond acceptors (Lipinski definition) is 5. The number of rotatable bonds is 6. The van der Waals surface area contributed by atoms with Crippen molar-refractivity contribution in [3.8, 4) is 5.75 Å². The molecule has 0 aromatic carbocycles. The average molecular weight is 294 g/mol. The molecule has 1 fully saturated rings. The maximum Gasteiger partial charge on any atom is 0.310 e. The number of nitrogens with zero attached hydrogens (tertiary/aromatic N) is 2. The summed E-state index contributed by atoms with van der Waals surface area (Å²) in [5.74, 6) is -1.21. The summed E-state index contributed by atoms with van der Waals surface area (Å²) in [6, 6.07) is 3.20. The highest BCUT2D eigenvalue weighted by molar-refractivity contribution is 5.71. The SMILES string of the molecule is CCCN(Cc1nc(C)ccc1O)C1COCC1C(=O)O. The van der Waals surface area contributed by atoms with E-state index in [1.807, 2.05) is 18.7 Å². The number of aromatic nitrogens is 1. The topological polar surface area (TPSA) is 82.9 Å². The first kappa shape index (κ1) is 15.7. The van der Waals surface area contributed by atoms with Crippen LogP contribution in [-0.4, -0.2) is 51.9 Å². The molecule has 116 valence electrons. The van der Waals surface area contributed by atoms with Gasteiger partial charge in [-0.3, -0.25) is 14.7 Å². The van der Waals surface area contributed by atoms with Crippen molar-refractivity contribution >= 4 is 5.97 Å². The first-order valence-corrected chi connectivity index (χ1v) is 7.23. The summed E-state index contributed by atoms with van der Waals surface area (Å²) in [7, 11) is 0. The van der Waals surface area contributed by atoms with Crippen molar-refractivity contribution in [2.45, 2.75) is 32.9 Å². The summed E-state index contributed by atoms with van der Waals surface area (Å²) < 4.78 is 5.34. The summed E-state index contributed by atoms with van der Waals surface area (Å²) in [4.78, 5) is 17.7. The first-order chi connectivity index (χ1) is 10.0. The zero-order valence-corrected chi connectivity index (χ0v) is 12.5. The largest absolute Gasteiger partial charge is 0.506 e. The van der Waals surface area contributed by atoms with Crippen molar-refractivity contribution in [2.75, 3.05) is 19.8 Å². The van der Waals surface area contributed by atoms with E-state index in [9.17, 15) is 15.0 Å². The molecule has 0 saturated carbocycles. The van der Waals surface area contributed by atoms with Gasteiger partial charge in [0, 0.05) is 18.3 Å². The Morgan fingerprint density at radius 3 is 2.90 bits per heavy atom. The molecule has 2 heterocycles. The van der Waals surface area contributed by atoms with Gasteiger partial charge < -0.3 is 14.9 Å². The van der Waals surface area contributed by atoms with Gasteiger partial charge in [0.25, 0.3) is 0 Å². The van der Waals surface area contributed by atoms with E-state index < -0.39 is 11.9 Å². The minimum absolute atomic E-state index is 0.146. The molecule has 0 spiro atoms. The third kappa shape index (κ3) is 3.71. The Bertz CT molecular complexity index is 506. The molecule has 6 nitrogen and oxygen atoms in total. The van der Waals surface area contributed by atoms with Gasteiger partial charge in [-0.1, -0.05) is 6.92 Å². The molecular formula is C15H22N2O4. The van der Waals surface area contributed by atoms with Crippen molar-refractivity contribution < 1.29 is 19.7 Å². The Morgan fingerprint density at radius 2 is 2.24 bits per heavy atom. The molecule has 0 bridgehead atoms. The molecular weight excluding hydrogens is 272 g/mol. The molecule has 1 aliphatic rings. The Labute approximate surface area is 124 Å². The normalized spacial score (nSPS) is 21.9. The maximum absolute atomic E-state index is 11.3. The van der Waals surface area contributed by atoms with Crippen LogP contribution in [0.25, 0.3) is 0 Å². The van der Waals surface area contributed by atoms with E-state index in [0.29, 0.717) is 18.8 Å². The number of aliphatic carboxylic acids is 1. The second-order valence-electron chi connectivity index (χ2n) is 5.44. The highest BCUT2D eigenvalue weighted by atomic mass is 16.5. The van der Waals surface area contributed by atoms with Gasteiger partial charge in [0.2, 0.25) is 0 Å². The van der Waals surface area contributed by atoms with Gasteiger partial charge in [0.15, 0.2) is 0 Å². The Morgan fingerprint density at radius 1 is 1.48 bits per heavy atom. The molecule has 1 aromatic rings. The standard InChI is InChI=1S/C15H22N2O4/c1-3-6-17(13-9-21-8-11(13)15(19)20)7-12-14(18)5-4-10(2)16-12/h4-5,11,13,18H,3,6-9H2,1-2H3,(H,19,20). The van der Waals surface area contributed by atoms with Gasteiger partial charge in [0.1, 0.15) is 5.75 Å². The fourth-order valence-corrected chi connectivity index (χ4v) is 2.70. The molecule has 1 aliphatic heterocycles. The number of pyridine rings is 1. The van der Waals surface area contributed by atoms with Gasteiger partial charge in [-0.25, -0.2) is 0 Å². The van der Waals surface area contributed by atoms with Crippen molar-refractivity contribution in [1.82, 2.24) is 9.88 Å². The number of carbonyl (C=O) groups is 1. The van der Waals surface area contributed by atoms with E-state index >= 15 is 0 Å². The number of hydrogen-bond donors (Lipinski definition) is 2. The average Bonchev–Trinajstić information content (AvgIpc) is 2.91. The van der Waals surface area contributed by atoms with Crippen LogP contribution < -0.4 is 0 Å². The van der Waals surface area contributed by atoms with Crippen molar-refractivity contribution in [3.05, 3.63) is 23.5 Å². The van der Waals surface area contributed by atoms with Crippen LogP contribution in [0.1, 0.15) is 24.7 Å². The van der Waals surface area contributed by atoms with Crippen LogP contribution in [0.4, 0.5) is 0 Å². The highest BCUT2D eigenvalue weighted by Crippen LogP contribution is 2.24.